The van der Waals surface area contributed by atoms with Crippen molar-refractivity contribution in [3.05, 3.63) is 172 Å². The van der Waals surface area contributed by atoms with Gasteiger partial charge in [-0.25, -0.2) is 24.8 Å². The van der Waals surface area contributed by atoms with E-state index in [0.29, 0.717) is 47.3 Å². The molecule has 0 spiro atoms. The second-order valence-electron chi connectivity index (χ2n) is 25.7. The lowest BCUT2D eigenvalue weighted by atomic mass is 9.91. The van der Waals surface area contributed by atoms with Crippen molar-refractivity contribution in [3.8, 4) is 51.4 Å². The van der Waals surface area contributed by atoms with Crippen LogP contribution < -0.4 is 35.5 Å². The van der Waals surface area contributed by atoms with Gasteiger partial charge in [-0.15, -0.1) is 27.7 Å². The van der Waals surface area contributed by atoms with E-state index in [1.165, 1.54) is 43.2 Å². The lowest BCUT2D eigenvalue weighted by Gasteiger charge is -2.28. The molecule has 9 aromatic rings. The first-order valence-electron chi connectivity index (χ1n) is 33.5. The topological polar surface area (TPSA) is 294 Å². The van der Waals surface area contributed by atoms with Crippen molar-refractivity contribution in [2.75, 3.05) is 43.1 Å². The molecule has 2 saturated heterocycles. The number of nitrogens with one attached hydrogen (secondary N) is 1. The number of fused-ring (bicyclic) bond motifs is 3. The summed E-state index contributed by atoms with van der Waals surface area (Å²) in [5, 5.41) is 30.5. The molecule has 8 heterocycles. The molecule has 0 amide bonds. The lowest BCUT2D eigenvalue weighted by molar-refractivity contribution is 0.231. The van der Waals surface area contributed by atoms with Gasteiger partial charge < -0.3 is 48.1 Å². The van der Waals surface area contributed by atoms with Crippen molar-refractivity contribution in [1.82, 2.24) is 60.5 Å². The standard InChI is InChI=1S/C24H27N5O2.C23H26N6O2.C18H16N4O3.C7H14.CH4O.ClH/c1-15(2)30-22-14-25-13-21(26-22)18-5-4-17-6-7-19(20(17)12-18)23-27-28-24(31-23)29-10-8-16(3)9-11-29;1-14(2)30-21-13-25-12-20(26-21)16-4-3-15-5-6-18(19(15)11-16)22-27-28-23(31-22)29-9-7-17(24)8-10-29;1-10(2)24-16-9-19-8-15(20-16)12-4-3-11-5-6-13(14(11)7-12)17-21-22-18(23)25-17;1-7-5-3-2-4-6-7;1-2;/h4-5,7,12-16H,6,8-11H2,1-3H3;3-4,6,11-14,17H,5,7-10,24H2,1-2H3;3-4,6-10H,5H2,1-2H3,(H,22,23);7H,2-6H2,1H3;2H,1H3;1H. The van der Waals surface area contributed by atoms with E-state index in [0.717, 1.165) is 163 Å². The van der Waals surface area contributed by atoms with Gasteiger partial charge in [0.1, 0.15) is 0 Å². The summed E-state index contributed by atoms with van der Waals surface area (Å²) < 4.78 is 34.3. The van der Waals surface area contributed by atoms with E-state index in [1.807, 2.05) is 65.8 Å². The first kappa shape index (κ1) is 70.4. The Labute approximate surface area is 572 Å². The Morgan fingerprint density at radius 2 is 0.866 bits per heavy atom. The average Bonchev–Trinajstić information content (AvgIpc) is 1.71. The van der Waals surface area contributed by atoms with E-state index in [4.69, 9.17) is 38.3 Å². The fourth-order valence-electron chi connectivity index (χ4n) is 12.3. The largest absolute Gasteiger partial charge is 0.474 e. The Bertz CT molecular complexity index is 4050. The summed E-state index contributed by atoms with van der Waals surface area (Å²) in [6.07, 6.45) is 30.6. The van der Waals surface area contributed by atoms with E-state index in [2.05, 4.69) is 133 Å². The Morgan fingerprint density at radius 1 is 0.495 bits per heavy atom. The zero-order valence-corrected chi connectivity index (χ0v) is 57.6. The van der Waals surface area contributed by atoms with E-state index >= 15 is 0 Å². The molecule has 3 aromatic carbocycles. The number of aromatic amines is 1. The summed E-state index contributed by atoms with van der Waals surface area (Å²) in [5.74, 6) is 4.18. The van der Waals surface area contributed by atoms with E-state index in [9.17, 15) is 4.79 Å². The molecular formula is C73H88ClN15O8. The van der Waals surface area contributed by atoms with Crippen LogP contribution in [0.4, 0.5) is 12.0 Å². The molecule has 0 radical (unpaired) electrons. The Hall–Kier alpha value is -9.45. The molecule has 6 aromatic heterocycles. The molecule has 1 saturated carbocycles. The SMILES string of the molecule is CC(C)Oc1cncc(-c2ccc3c(c2)C(c2n[nH]c(=O)o2)=CC3)n1.CC(C)Oc1cncc(-c2ccc3c(c2)C(c2nnc(N4CCC(N)CC4)o2)=CC3)n1.CC1CCCCC1.CC1CCN(c2nnc(C3=CCc4ccc(-c5cncc(OC(C)C)n5)cc43)o2)CC1.CO.Cl. The van der Waals surface area contributed by atoms with Gasteiger partial charge in [-0.2, -0.15) is 0 Å². The molecule has 510 valence electrons. The first-order valence-corrected chi connectivity index (χ1v) is 33.5. The summed E-state index contributed by atoms with van der Waals surface area (Å²) in [7, 11) is 1.00. The maximum absolute atomic E-state index is 11.2. The zero-order chi connectivity index (χ0) is 67.2. The number of ether oxygens (including phenoxy) is 3. The molecule has 23 nitrogen and oxygen atoms in total. The fraction of sp³-hybridized carbons (Fsp3) is 0.425. The third-order valence-corrected chi connectivity index (χ3v) is 17.3. The van der Waals surface area contributed by atoms with Crippen LogP contribution >= 0.6 is 12.4 Å². The van der Waals surface area contributed by atoms with Gasteiger partial charge in [0.2, 0.25) is 35.3 Å². The number of halogens is 1. The number of benzene rings is 3. The molecule has 97 heavy (non-hydrogen) atoms. The van der Waals surface area contributed by atoms with E-state index < -0.39 is 5.76 Å². The van der Waals surface area contributed by atoms with Gasteiger partial charge in [0.05, 0.1) is 72.6 Å². The number of hydrogen-bond acceptors (Lipinski definition) is 22. The predicted octanol–water partition coefficient (Wildman–Crippen LogP) is 13.0. The highest BCUT2D eigenvalue weighted by Crippen LogP contribution is 2.39. The number of aliphatic hydroxyl groups excluding tert-OH is 1. The first-order chi connectivity index (χ1) is 46.6. The predicted molar refractivity (Wildman–Crippen MR) is 375 cm³/mol. The quantitative estimate of drug-likeness (QED) is 0.0911. The number of hydrogen-bond donors (Lipinski definition) is 3. The molecule has 4 aliphatic carbocycles. The number of H-pyrrole nitrogens is 1. The minimum absolute atomic E-state index is 0. The molecule has 0 atom stereocenters. The number of allylic oxidation sites excluding steroid dienone is 3. The zero-order valence-electron chi connectivity index (χ0n) is 56.8. The van der Waals surface area contributed by atoms with Crippen LogP contribution in [0, 0.1) is 11.8 Å². The van der Waals surface area contributed by atoms with Crippen LogP contribution in [0.5, 0.6) is 17.6 Å². The van der Waals surface area contributed by atoms with Crippen LogP contribution in [0.25, 0.3) is 50.5 Å². The molecular weight excluding hydrogens is 1250 g/mol. The highest BCUT2D eigenvalue weighted by atomic mass is 35.5. The Kier molecular flexibility index (Phi) is 23.9. The molecule has 3 fully saturated rings. The molecule has 2 aliphatic heterocycles. The number of rotatable bonds is 14. The minimum Gasteiger partial charge on any atom is -0.474 e. The van der Waals surface area contributed by atoms with Crippen molar-refractivity contribution in [1.29, 1.82) is 0 Å². The normalized spacial score (nSPS) is 15.8. The number of nitrogens with two attached hydrogens (primary N) is 1. The Balaban J connectivity index is 0.000000148. The molecule has 15 rings (SSSR count). The summed E-state index contributed by atoms with van der Waals surface area (Å²) >= 11 is 0. The van der Waals surface area contributed by atoms with Crippen molar-refractivity contribution in [2.24, 2.45) is 17.6 Å². The number of aliphatic hydroxyl groups is 1. The highest BCUT2D eigenvalue weighted by Gasteiger charge is 2.28. The maximum atomic E-state index is 11.2. The maximum Gasteiger partial charge on any atom is 0.434 e. The summed E-state index contributed by atoms with van der Waals surface area (Å²) in [6, 6.07) is 20.1. The summed E-state index contributed by atoms with van der Waals surface area (Å²) in [6.45, 7) is 20.1. The second-order valence-corrected chi connectivity index (χ2v) is 25.7. The van der Waals surface area contributed by atoms with Crippen LogP contribution in [0.3, 0.4) is 0 Å². The number of anilines is 2. The number of piperidine rings is 2. The van der Waals surface area contributed by atoms with Crippen molar-refractivity contribution < 1.29 is 32.6 Å². The summed E-state index contributed by atoms with van der Waals surface area (Å²) in [5.41, 5.74) is 20.7. The molecule has 0 unspecified atom stereocenters. The second kappa shape index (κ2) is 33.0. The van der Waals surface area contributed by atoms with Gasteiger partial charge in [-0.3, -0.25) is 15.0 Å². The minimum atomic E-state index is -0.565. The van der Waals surface area contributed by atoms with Gasteiger partial charge in [0.25, 0.3) is 0 Å². The smallest absolute Gasteiger partial charge is 0.434 e. The highest BCUT2D eigenvalue weighted by molar-refractivity contribution is 5.86. The van der Waals surface area contributed by atoms with E-state index in [1.54, 1.807) is 37.2 Å². The van der Waals surface area contributed by atoms with E-state index in [-0.39, 0.29) is 36.8 Å². The fourth-order valence-corrected chi connectivity index (χ4v) is 12.3. The molecule has 0 bridgehead atoms. The van der Waals surface area contributed by atoms with Crippen LogP contribution in [0.2, 0.25) is 0 Å². The van der Waals surface area contributed by atoms with Gasteiger partial charge in [-0.05, 0) is 150 Å². The number of nitrogens with zero attached hydrogens (tertiary/aromatic N) is 13. The van der Waals surface area contributed by atoms with Gasteiger partial charge >= 0.3 is 17.8 Å². The molecule has 4 N–H and O–H groups in total. The third kappa shape index (κ3) is 18.0. The van der Waals surface area contributed by atoms with Crippen LogP contribution in [-0.2, 0) is 19.3 Å². The molecule has 24 heteroatoms. The number of aromatic nitrogens is 12. The van der Waals surface area contributed by atoms with Gasteiger partial charge in [0.15, 0.2) is 0 Å². The molecule has 6 aliphatic rings. The average molecular weight is 1340 g/mol. The van der Waals surface area contributed by atoms with Crippen molar-refractivity contribution in [2.45, 2.75) is 157 Å². The Morgan fingerprint density at radius 3 is 1.22 bits per heavy atom. The lowest BCUT2D eigenvalue weighted by Crippen LogP contribution is -2.39. The van der Waals surface area contributed by atoms with Gasteiger partial charge in [0, 0.05) is 72.7 Å². The van der Waals surface area contributed by atoms with Crippen molar-refractivity contribution in [3.63, 3.8) is 0 Å². The monoisotopic (exact) mass is 1340 g/mol. The van der Waals surface area contributed by atoms with Gasteiger partial charge in [-0.1, -0.05) is 111 Å². The summed E-state index contributed by atoms with van der Waals surface area (Å²) in [4.78, 5) is 42.1. The third-order valence-electron chi connectivity index (χ3n) is 17.3. The van der Waals surface area contributed by atoms with Crippen LogP contribution in [0.1, 0.15) is 164 Å². The van der Waals surface area contributed by atoms with Crippen LogP contribution in [0.15, 0.2) is 128 Å². The van der Waals surface area contributed by atoms with Crippen LogP contribution in [-0.4, -0.2) is 123 Å². The van der Waals surface area contributed by atoms with Crippen molar-refractivity contribution >= 4 is 41.2 Å².